The highest BCUT2D eigenvalue weighted by molar-refractivity contribution is 6.34. The van der Waals surface area contributed by atoms with Crippen LogP contribution in [0.2, 0.25) is 5.02 Å². The first kappa shape index (κ1) is 11.4. The number of pyridine rings is 1. The van der Waals surface area contributed by atoms with Crippen LogP contribution in [0.5, 0.6) is 0 Å². The number of aromatic nitrogens is 2. The van der Waals surface area contributed by atoms with E-state index in [2.05, 4.69) is 25.3 Å². The largest absolute Gasteiger partial charge is 0.373 e. The summed E-state index contributed by atoms with van der Waals surface area (Å²) in [4.78, 5) is 15.8. The van der Waals surface area contributed by atoms with Gasteiger partial charge in [0.15, 0.2) is 5.82 Å². The number of halogens is 1. The normalized spacial score (nSPS) is 10.0. The predicted molar refractivity (Wildman–Crippen MR) is 63.2 cm³/mol. The Morgan fingerprint density at radius 2 is 2.29 bits per heavy atom. The molecule has 2 heterocycles. The van der Waals surface area contributed by atoms with Gasteiger partial charge in [-0.25, -0.2) is 4.98 Å². The van der Waals surface area contributed by atoms with Crippen molar-refractivity contribution in [2.24, 2.45) is 0 Å². The van der Waals surface area contributed by atoms with Crippen LogP contribution < -0.4 is 10.6 Å². The van der Waals surface area contributed by atoms with E-state index in [1.165, 1.54) is 18.5 Å². The van der Waals surface area contributed by atoms with Crippen LogP contribution in [0.1, 0.15) is 10.4 Å². The van der Waals surface area contributed by atoms with Crippen molar-refractivity contribution >= 4 is 29.1 Å². The smallest absolute Gasteiger partial charge is 0.258 e. The minimum absolute atomic E-state index is 0.269. The predicted octanol–water partition coefficient (Wildman–Crippen LogP) is 2.02. The summed E-state index contributed by atoms with van der Waals surface area (Å²) in [6.07, 6.45) is 2.77. The molecule has 2 rings (SSSR count). The first-order valence-electron chi connectivity index (χ1n) is 4.75. The van der Waals surface area contributed by atoms with Crippen LogP contribution >= 0.6 is 11.6 Å². The van der Waals surface area contributed by atoms with Gasteiger partial charge in [-0.15, -0.1) is 0 Å². The third kappa shape index (κ3) is 2.54. The zero-order chi connectivity index (χ0) is 12.3. The summed E-state index contributed by atoms with van der Waals surface area (Å²) in [6.45, 7) is 0. The molecule has 17 heavy (non-hydrogen) atoms. The summed E-state index contributed by atoms with van der Waals surface area (Å²) in [5.41, 5.74) is 0.314. The molecule has 0 fully saturated rings. The average Bonchev–Trinajstić information content (AvgIpc) is 2.82. The number of hydrogen-bond donors (Lipinski definition) is 2. The molecule has 0 aliphatic carbocycles. The molecule has 0 unspecified atom stereocenters. The van der Waals surface area contributed by atoms with Crippen LogP contribution in [-0.2, 0) is 0 Å². The van der Waals surface area contributed by atoms with E-state index in [1.807, 2.05) is 0 Å². The van der Waals surface area contributed by atoms with Gasteiger partial charge >= 0.3 is 0 Å². The lowest BCUT2D eigenvalue weighted by Crippen LogP contribution is -2.13. The molecule has 2 N–H and O–H groups in total. The van der Waals surface area contributed by atoms with Gasteiger partial charge in [0, 0.05) is 19.3 Å². The van der Waals surface area contributed by atoms with E-state index >= 15 is 0 Å². The number of anilines is 2. The summed E-state index contributed by atoms with van der Waals surface area (Å²) in [7, 11) is 1.70. The summed E-state index contributed by atoms with van der Waals surface area (Å²) >= 11 is 5.89. The molecule has 2 aromatic heterocycles. The standard InChI is InChI=1S/C10H9ClN4O2/c1-12-9-4-6(7(11)5-13-9)10(16)14-8-2-3-17-15-8/h2-5H,1H3,(H,12,13)(H,14,15,16). The highest BCUT2D eigenvalue weighted by atomic mass is 35.5. The Morgan fingerprint density at radius 1 is 1.47 bits per heavy atom. The first-order valence-corrected chi connectivity index (χ1v) is 5.13. The number of hydrogen-bond acceptors (Lipinski definition) is 5. The second-order valence-electron chi connectivity index (χ2n) is 3.14. The molecule has 1 amide bonds. The van der Waals surface area contributed by atoms with Crippen molar-refractivity contribution in [3.05, 3.63) is 35.2 Å². The fraction of sp³-hybridized carbons (Fsp3) is 0.100. The van der Waals surface area contributed by atoms with E-state index in [-0.39, 0.29) is 10.9 Å². The fourth-order valence-corrected chi connectivity index (χ4v) is 1.40. The Labute approximate surface area is 102 Å². The van der Waals surface area contributed by atoms with E-state index in [4.69, 9.17) is 11.6 Å². The molecule has 0 atom stereocenters. The molecular weight excluding hydrogens is 244 g/mol. The van der Waals surface area contributed by atoms with Crippen LogP contribution in [0.25, 0.3) is 0 Å². The lowest BCUT2D eigenvalue weighted by Gasteiger charge is -2.05. The molecular formula is C10H9ClN4O2. The van der Waals surface area contributed by atoms with Crippen LogP contribution in [0.3, 0.4) is 0 Å². The van der Waals surface area contributed by atoms with E-state index in [0.717, 1.165) is 0 Å². The summed E-state index contributed by atoms with van der Waals surface area (Å²) in [5, 5.41) is 9.21. The van der Waals surface area contributed by atoms with Crippen molar-refractivity contribution in [3.8, 4) is 0 Å². The van der Waals surface area contributed by atoms with Gasteiger partial charge in [-0.05, 0) is 6.07 Å². The number of rotatable bonds is 3. The van der Waals surface area contributed by atoms with Gasteiger partial charge in [-0.1, -0.05) is 16.8 Å². The van der Waals surface area contributed by atoms with E-state index in [1.54, 1.807) is 13.1 Å². The second kappa shape index (κ2) is 4.84. The van der Waals surface area contributed by atoms with Gasteiger partial charge in [0.1, 0.15) is 12.1 Å². The lowest BCUT2D eigenvalue weighted by atomic mass is 10.2. The molecule has 2 aromatic rings. The van der Waals surface area contributed by atoms with Gasteiger partial charge in [0.05, 0.1) is 10.6 Å². The second-order valence-corrected chi connectivity index (χ2v) is 3.55. The molecule has 0 spiro atoms. The van der Waals surface area contributed by atoms with E-state index in [9.17, 15) is 4.79 Å². The molecule has 6 nitrogen and oxygen atoms in total. The van der Waals surface area contributed by atoms with Crippen molar-refractivity contribution in [1.29, 1.82) is 0 Å². The maximum absolute atomic E-state index is 11.9. The zero-order valence-electron chi connectivity index (χ0n) is 8.90. The molecule has 0 saturated carbocycles. The van der Waals surface area contributed by atoms with Crippen molar-refractivity contribution in [2.75, 3.05) is 17.7 Å². The average molecular weight is 253 g/mol. The van der Waals surface area contributed by atoms with Crippen molar-refractivity contribution in [3.63, 3.8) is 0 Å². The van der Waals surface area contributed by atoms with Crippen molar-refractivity contribution in [2.45, 2.75) is 0 Å². The molecule has 0 bridgehead atoms. The van der Waals surface area contributed by atoms with Gasteiger partial charge in [-0.3, -0.25) is 4.79 Å². The van der Waals surface area contributed by atoms with E-state index in [0.29, 0.717) is 17.2 Å². The Balaban J connectivity index is 2.24. The van der Waals surface area contributed by atoms with Gasteiger partial charge in [0.2, 0.25) is 0 Å². The fourth-order valence-electron chi connectivity index (χ4n) is 1.21. The minimum atomic E-state index is -0.372. The topological polar surface area (TPSA) is 80.0 Å². The Hall–Kier alpha value is -2.08. The third-order valence-electron chi connectivity index (χ3n) is 2.04. The highest BCUT2D eigenvalue weighted by Crippen LogP contribution is 2.19. The molecule has 0 aliphatic heterocycles. The quantitative estimate of drug-likeness (QED) is 0.874. The van der Waals surface area contributed by atoms with Crippen LogP contribution in [0.15, 0.2) is 29.1 Å². The maximum atomic E-state index is 11.9. The first-order chi connectivity index (χ1) is 8.20. The minimum Gasteiger partial charge on any atom is -0.373 e. The third-order valence-corrected chi connectivity index (χ3v) is 2.34. The summed E-state index contributed by atoms with van der Waals surface area (Å²) < 4.78 is 4.60. The molecule has 7 heteroatoms. The Bertz CT molecular complexity index is 527. The molecule has 0 radical (unpaired) electrons. The highest BCUT2D eigenvalue weighted by Gasteiger charge is 2.13. The number of carbonyl (C=O) groups excluding carboxylic acids is 1. The monoisotopic (exact) mass is 252 g/mol. The van der Waals surface area contributed by atoms with E-state index < -0.39 is 0 Å². The number of nitrogens with zero attached hydrogens (tertiary/aromatic N) is 2. The molecule has 0 aromatic carbocycles. The summed E-state index contributed by atoms with van der Waals surface area (Å²) in [6, 6.07) is 3.09. The number of amides is 1. The lowest BCUT2D eigenvalue weighted by molar-refractivity contribution is 0.102. The van der Waals surface area contributed by atoms with Crippen molar-refractivity contribution in [1.82, 2.24) is 10.1 Å². The Kier molecular flexibility index (Phi) is 3.24. The maximum Gasteiger partial charge on any atom is 0.258 e. The Morgan fingerprint density at radius 3 is 2.94 bits per heavy atom. The van der Waals surface area contributed by atoms with Crippen LogP contribution in [-0.4, -0.2) is 23.1 Å². The summed E-state index contributed by atoms with van der Waals surface area (Å²) in [5.74, 6) is 0.511. The van der Waals surface area contributed by atoms with Crippen LogP contribution in [0.4, 0.5) is 11.6 Å². The SMILES string of the molecule is CNc1cc(C(=O)Nc2ccon2)c(Cl)cn1. The van der Waals surface area contributed by atoms with Crippen molar-refractivity contribution < 1.29 is 9.32 Å². The molecule has 0 saturated heterocycles. The zero-order valence-corrected chi connectivity index (χ0v) is 9.65. The van der Waals surface area contributed by atoms with Crippen LogP contribution in [0, 0.1) is 0 Å². The molecule has 88 valence electrons. The van der Waals surface area contributed by atoms with Gasteiger partial charge < -0.3 is 15.2 Å². The molecule has 0 aliphatic rings. The number of nitrogens with one attached hydrogen (secondary N) is 2. The number of carbonyl (C=O) groups is 1. The van der Waals surface area contributed by atoms with Gasteiger partial charge in [-0.2, -0.15) is 0 Å². The van der Waals surface area contributed by atoms with Gasteiger partial charge in [0.25, 0.3) is 5.91 Å².